The van der Waals surface area contributed by atoms with Crippen LogP contribution < -0.4 is 5.32 Å². The van der Waals surface area contributed by atoms with Gasteiger partial charge in [-0.1, -0.05) is 17.7 Å². The van der Waals surface area contributed by atoms with Crippen LogP contribution in [-0.4, -0.2) is 13.3 Å². The summed E-state index contributed by atoms with van der Waals surface area (Å²) in [5.41, 5.74) is 2.77. The molecule has 1 N–H and O–H groups in total. The molecule has 0 aliphatic heterocycles. The number of nitrogens with one attached hydrogen (secondary N) is 1. The molecule has 0 spiro atoms. The Morgan fingerprint density at radius 3 is 2.69 bits per heavy atom. The molecule has 0 unspecified atom stereocenters. The summed E-state index contributed by atoms with van der Waals surface area (Å²) in [6.07, 6.45) is 4.56. The maximum Gasteiger partial charge on any atom is 0.150 e. The average Bonchev–Trinajstić information content (AvgIpc) is 2.16. The predicted molar refractivity (Wildman–Crippen MR) is 54.7 cm³/mol. The molecule has 0 bridgehead atoms. The van der Waals surface area contributed by atoms with Gasteiger partial charge in [0.05, 0.1) is 0 Å². The van der Waals surface area contributed by atoms with Gasteiger partial charge in [0.1, 0.15) is 0 Å². The van der Waals surface area contributed by atoms with Crippen LogP contribution in [0.4, 0.5) is 0 Å². The van der Waals surface area contributed by atoms with Crippen molar-refractivity contribution in [3.63, 3.8) is 0 Å². The minimum absolute atomic E-state index is 0.728. The molecule has 1 rings (SSSR count). The molecule has 68 valence electrons. The van der Waals surface area contributed by atoms with Crippen molar-refractivity contribution in [1.82, 2.24) is 5.32 Å². The van der Waals surface area contributed by atoms with Crippen LogP contribution in [0, 0.1) is 6.92 Å². The lowest BCUT2D eigenvalue weighted by molar-refractivity contribution is 0.112. The highest BCUT2D eigenvalue weighted by atomic mass is 16.1. The number of carbonyl (C=O) groups is 1. The van der Waals surface area contributed by atoms with E-state index >= 15 is 0 Å². The minimum atomic E-state index is 0.728. The molecule has 0 radical (unpaired) electrons. The van der Waals surface area contributed by atoms with Gasteiger partial charge in [0.25, 0.3) is 0 Å². The van der Waals surface area contributed by atoms with Crippen LogP contribution in [0.25, 0.3) is 6.08 Å². The van der Waals surface area contributed by atoms with Gasteiger partial charge in [-0.3, -0.25) is 4.79 Å². The first-order valence-corrected chi connectivity index (χ1v) is 4.17. The van der Waals surface area contributed by atoms with Crippen LogP contribution >= 0.6 is 0 Å². The second-order valence-electron chi connectivity index (χ2n) is 2.87. The number of benzene rings is 1. The molecule has 0 aliphatic carbocycles. The lowest BCUT2D eigenvalue weighted by Crippen LogP contribution is -1.93. The van der Waals surface area contributed by atoms with Crippen molar-refractivity contribution in [2.75, 3.05) is 7.05 Å². The van der Waals surface area contributed by atoms with E-state index in [1.807, 2.05) is 38.2 Å². The molecule has 2 heteroatoms. The topological polar surface area (TPSA) is 29.1 Å². The van der Waals surface area contributed by atoms with Crippen molar-refractivity contribution in [3.8, 4) is 0 Å². The predicted octanol–water partition coefficient (Wildman–Crippen LogP) is 2.00. The molecule has 0 fully saturated rings. The highest BCUT2D eigenvalue weighted by Gasteiger charge is 1.97. The third-order valence-corrected chi connectivity index (χ3v) is 1.80. The van der Waals surface area contributed by atoms with Gasteiger partial charge in [0.15, 0.2) is 6.29 Å². The van der Waals surface area contributed by atoms with Crippen molar-refractivity contribution < 1.29 is 4.79 Å². The second-order valence-corrected chi connectivity index (χ2v) is 2.87. The summed E-state index contributed by atoms with van der Waals surface area (Å²) in [5, 5.41) is 2.89. The zero-order valence-electron chi connectivity index (χ0n) is 7.87. The maximum atomic E-state index is 10.7. The van der Waals surface area contributed by atoms with Gasteiger partial charge in [-0.15, -0.1) is 0 Å². The van der Waals surface area contributed by atoms with Gasteiger partial charge in [0.2, 0.25) is 0 Å². The molecule has 0 saturated heterocycles. The Bertz CT molecular complexity index is 329. The third-order valence-electron chi connectivity index (χ3n) is 1.80. The summed E-state index contributed by atoms with van der Waals surface area (Å²) >= 11 is 0. The minimum Gasteiger partial charge on any atom is -0.394 e. The number of carbonyl (C=O) groups excluding carboxylic acids is 1. The van der Waals surface area contributed by atoms with E-state index < -0.39 is 0 Å². The molecule has 2 nitrogen and oxygen atoms in total. The fourth-order valence-corrected chi connectivity index (χ4v) is 1.12. The third kappa shape index (κ3) is 2.44. The van der Waals surface area contributed by atoms with E-state index in [0.29, 0.717) is 0 Å². The molecule has 13 heavy (non-hydrogen) atoms. The van der Waals surface area contributed by atoms with Gasteiger partial charge >= 0.3 is 0 Å². The molecule has 0 heterocycles. The van der Waals surface area contributed by atoms with Gasteiger partial charge in [0, 0.05) is 12.6 Å². The summed E-state index contributed by atoms with van der Waals surface area (Å²) in [6.45, 7) is 1.97. The average molecular weight is 175 g/mol. The number of hydrogen-bond acceptors (Lipinski definition) is 2. The molecule has 0 aliphatic rings. The van der Waals surface area contributed by atoms with Crippen molar-refractivity contribution in [2.24, 2.45) is 0 Å². The largest absolute Gasteiger partial charge is 0.394 e. The lowest BCUT2D eigenvalue weighted by atomic mass is 10.1. The fraction of sp³-hybridized carbons (Fsp3) is 0.182. The van der Waals surface area contributed by atoms with E-state index in [-0.39, 0.29) is 0 Å². The first kappa shape index (κ1) is 9.52. The quantitative estimate of drug-likeness (QED) is 0.712. The zero-order valence-corrected chi connectivity index (χ0v) is 7.87. The first-order chi connectivity index (χ1) is 6.27. The van der Waals surface area contributed by atoms with Crippen LogP contribution in [0.3, 0.4) is 0 Å². The van der Waals surface area contributed by atoms with Crippen molar-refractivity contribution in [2.45, 2.75) is 6.92 Å². The Balaban J connectivity index is 3.06. The molecule has 0 atom stereocenters. The number of rotatable bonds is 3. The summed E-state index contributed by atoms with van der Waals surface area (Å²) in [6, 6.07) is 5.80. The summed E-state index contributed by atoms with van der Waals surface area (Å²) < 4.78 is 0. The summed E-state index contributed by atoms with van der Waals surface area (Å²) in [4.78, 5) is 10.7. The van der Waals surface area contributed by atoms with E-state index in [1.165, 1.54) is 0 Å². The van der Waals surface area contributed by atoms with Gasteiger partial charge in [-0.2, -0.15) is 0 Å². The van der Waals surface area contributed by atoms with E-state index in [0.717, 1.165) is 23.0 Å². The summed E-state index contributed by atoms with van der Waals surface area (Å²) in [5.74, 6) is 0. The molecule has 0 aromatic heterocycles. The lowest BCUT2D eigenvalue weighted by Gasteiger charge is -2.00. The monoisotopic (exact) mass is 175 g/mol. The first-order valence-electron chi connectivity index (χ1n) is 4.17. The Labute approximate surface area is 78.3 Å². The Kier molecular flexibility index (Phi) is 3.26. The number of aldehydes is 1. The van der Waals surface area contributed by atoms with E-state index in [4.69, 9.17) is 0 Å². The Morgan fingerprint density at radius 2 is 2.08 bits per heavy atom. The molecular formula is C11H13NO. The van der Waals surface area contributed by atoms with Gasteiger partial charge < -0.3 is 5.32 Å². The summed E-state index contributed by atoms with van der Waals surface area (Å²) in [7, 11) is 1.82. The van der Waals surface area contributed by atoms with E-state index in [9.17, 15) is 4.79 Å². The highest BCUT2D eigenvalue weighted by Crippen LogP contribution is 2.10. The van der Waals surface area contributed by atoms with E-state index in [1.54, 1.807) is 6.20 Å². The molecule has 1 aromatic carbocycles. The SMILES string of the molecule is CN/C=C\c1ccc(C)cc1C=O. The highest BCUT2D eigenvalue weighted by molar-refractivity contribution is 5.82. The van der Waals surface area contributed by atoms with Crippen molar-refractivity contribution in [3.05, 3.63) is 41.1 Å². The van der Waals surface area contributed by atoms with Crippen LogP contribution in [-0.2, 0) is 0 Å². The second kappa shape index (κ2) is 4.45. The Morgan fingerprint density at radius 1 is 1.31 bits per heavy atom. The van der Waals surface area contributed by atoms with Crippen LogP contribution in [0.15, 0.2) is 24.4 Å². The number of hydrogen-bond donors (Lipinski definition) is 1. The van der Waals surface area contributed by atoms with Crippen LogP contribution in [0.1, 0.15) is 21.5 Å². The van der Waals surface area contributed by atoms with Crippen LogP contribution in [0.5, 0.6) is 0 Å². The van der Waals surface area contributed by atoms with Gasteiger partial charge in [-0.05, 0) is 30.8 Å². The molecule has 1 aromatic rings. The Hall–Kier alpha value is -1.57. The van der Waals surface area contributed by atoms with Crippen molar-refractivity contribution in [1.29, 1.82) is 0 Å². The molecular weight excluding hydrogens is 162 g/mol. The fourth-order valence-electron chi connectivity index (χ4n) is 1.12. The number of aryl methyl sites for hydroxylation is 1. The smallest absolute Gasteiger partial charge is 0.150 e. The van der Waals surface area contributed by atoms with E-state index in [2.05, 4.69) is 5.32 Å². The zero-order chi connectivity index (χ0) is 9.68. The molecule has 0 saturated carbocycles. The van der Waals surface area contributed by atoms with Gasteiger partial charge in [-0.25, -0.2) is 0 Å². The standard InChI is InChI=1S/C11H13NO/c1-9-3-4-10(5-6-12-2)11(7-9)8-13/h3-8,12H,1-2H3/b6-5-. The van der Waals surface area contributed by atoms with Crippen LogP contribution in [0.2, 0.25) is 0 Å². The molecule has 0 amide bonds. The van der Waals surface area contributed by atoms with Crippen molar-refractivity contribution >= 4 is 12.4 Å². The maximum absolute atomic E-state index is 10.7. The normalized spacial score (nSPS) is 10.3.